The summed E-state index contributed by atoms with van der Waals surface area (Å²) >= 11 is 0. The molecule has 0 aliphatic carbocycles. The molecular formula is C26H25N. The number of benzene rings is 3. The van der Waals surface area contributed by atoms with E-state index in [1.807, 2.05) is 0 Å². The van der Waals surface area contributed by atoms with Crippen molar-refractivity contribution < 1.29 is 0 Å². The van der Waals surface area contributed by atoms with E-state index in [9.17, 15) is 0 Å². The molecule has 0 radical (unpaired) electrons. The maximum Gasteiger partial charge on any atom is 0.0484 e. The topological polar surface area (TPSA) is 3.24 Å². The van der Waals surface area contributed by atoms with Crippen LogP contribution in [0, 0.1) is 0 Å². The van der Waals surface area contributed by atoms with Gasteiger partial charge in [0.15, 0.2) is 0 Å². The lowest BCUT2D eigenvalue weighted by molar-refractivity contribution is 0.971. The van der Waals surface area contributed by atoms with E-state index in [4.69, 9.17) is 0 Å². The maximum atomic E-state index is 2.36. The zero-order chi connectivity index (χ0) is 18.6. The summed E-state index contributed by atoms with van der Waals surface area (Å²) in [5.74, 6) is 0. The van der Waals surface area contributed by atoms with Gasteiger partial charge in [-0.3, -0.25) is 0 Å². The molecule has 3 aromatic rings. The molecule has 1 heteroatoms. The van der Waals surface area contributed by atoms with Crippen LogP contribution in [0.1, 0.15) is 30.5 Å². The van der Waals surface area contributed by atoms with Crippen LogP contribution in [0.15, 0.2) is 84.6 Å². The highest BCUT2D eigenvalue weighted by Gasteiger charge is 2.14. The number of hydrogen-bond donors (Lipinski definition) is 0. The van der Waals surface area contributed by atoms with Crippen LogP contribution in [0.25, 0.3) is 22.9 Å². The fourth-order valence-electron chi connectivity index (χ4n) is 3.93. The van der Waals surface area contributed by atoms with E-state index < -0.39 is 0 Å². The molecule has 1 heterocycles. The van der Waals surface area contributed by atoms with E-state index in [0.29, 0.717) is 0 Å². The molecule has 4 rings (SSSR count). The molecule has 0 amide bonds. The van der Waals surface area contributed by atoms with Gasteiger partial charge in [-0.2, -0.15) is 0 Å². The minimum atomic E-state index is 0.956. The zero-order valence-corrected chi connectivity index (χ0v) is 16.0. The van der Waals surface area contributed by atoms with Crippen LogP contribution in [0.4, 0.5) is 5.69 Å². The van der Waals surface area contributed by atoms with E-state index in [1.54, 1.807) is 0 Å². The number of likely N-dealkylation sites (N-methyl/N-ethyl adjacent to an activating group) is 1. The van der Waals surface area contributed by atoms with Gasteiger partial charge in [-0.05, 0) is 59.0 Å². The van der Waals surface area contributed by atoms with Gasteiger partial charge < -0.3 is 4.90 Å². The van der Waals surface area contributed by atoms with Crippen molar-refractivity contribution in [3.8, 4) is 0 Å². The third kappa shape index (κ3) is 3.33. The first kappa shape index (κ1) is 17.4. The number of nitrogens with zero attached hydrogens (tertiary/aromatic N) is 1. The Hall–Kier alpha value is -3.06. The van der Waals surface area contributed by atoms with Gasteiger partial charge in [-0.1, -0.05) is 79.7 Å². The molecule has 0 bridgehead atoms. The number of hydrogen-bond acceptors (Lipinski definition) is 1. The first-order valence-electron chi connectivity index (χ1n) is 9.75. The Kier molecular flexibility index (Phi) is 4.93. The van der Waals surface area contributed by atoms with Gasteiger partial charge in [0.1, 0.15) is 0 Å². The van der Waals surface area contributed by atoms with Crippen LogP contribution < -0.4 is 4.90 Å². The lowest BCUT2D eigenvalue weighted by Crippen LogP contribution is -2.23. The molecule has 1 aliphatic rings. The average Bonchev–Trinajstić information content (AvgIpc) is 2.73. The SMILES string of the molecule is CCc1c(/C=C/C=C2\C=Cc3ccccc3N2CC)ccc2ccccc12. The highest BCUT2D eigenvalue weighted by molar-refractivity contribution is 5.89. The minimum absolute atomic E-state index is 0.956. The molecule has 1 aliphatic heterocycles. The van der Waals surface area contributed by atoms with E-state index >= 15 is 0 Å². The van der Waals surface area contributed by atoms with Crippen LogP contribution >= 0.6 is 0 Å². The molecule has 0 atom stereocenters. The number of fused-ring (bicyclic) bond motifs is 2. The molecule has 3 aromatic carbocycles. The Bertz CT molecular complexity index is 1050. The second kappa shape index (κ2) is 7.67. The molecule has 0 fully saturated rings. The molecule has 0 N–H and O–H groups in total. The van der Waals surface area contributed by atoms with Crippen LogP contribution in [0.5, 0.6) is 0 Å². The van der Waals surface area contributed by atoms with Crippen molar-refractivity contribution in [1.29, 1.82) is 0 Å². The van der Waals surface area contributed by atoms with Crippen molar-refractivity contribution in [2.75, 3.05) is 11.4 Å². The number of rotatable bonds is 4. The summed E-state index contributed by atoms with van der Waals surface area (Å²) in [6, 6.07) is 21.7. The van der Waals surface area contributed by atoms with Gasteiger partial charge >= 0.3 is 0 Å². The molecular weight excluding hydrogens is 326 g/mol. The van der Waals surface area contributed by atoms with Crippen LogP contribution in [0.2, 0.25) is 0 Å². The quantitative estimate of drug-likeness (QED) is 0.496. The fraction of sp³-hybridized carbons (Fsp3) is 0.154. The molecule has 27 heavy (non-hydrogen) atoms. The summed E-state index contributed by atoms with van der Waals surface area (Å²) in [5, 5.41) is 2.67. The second-order valence-corrected chi connectivity index (χ2v) is 6.80. The van der Waals surface area contributed by atoms with Gasteiger partial charge in [-0.15, -0.1) is 0 Å². The van der Waals surface area contributed by atoms with Gasteiger partial charge in [0.25, 0.3) is 0 Å². The van der Waals surface area contributed by atoms with Crippen LogP contribution in [-0.4, -0.2) is 6.54 Å². The Morgan fingerprint density at radius 3 is 2.52 bits per heavy atom. The molecule has 134 valence electrons. The Labute approximate surface area is 162 Å². The maximum absolute atomic E-state index is 2.36. The van der Waals surface area contributed by atoms with Crippen molar-refractivity contribution >= 4 is 28.6 Å². The lowest BCUT2D eigenvalue weighted by atomic mass is 9.97. The average molecular weight is 351 g/mol. The van der Waals surface area contributed by atoms with Crippen LogP contribution in [-0.2, 0) is 6.42 Å². The summed E-state index contributed by atoms with van der Waals surface area (Å²) in [7, 11) is 0. The predicted octanol–water partition coefficient (Wildman–Crippen LogP) is 6.85. The first-order valence-corrected chi connectivity index (χ1v) is 9.75. The highest BCUT2D eigenvalue weighted by Crippen LogP contribution is 2.30. The monoisotopic (exact) mass is 351 g/mol. The summed E-state index contributed by atoms with van der Waals surface area (Å²) in [5.41, 5.74) is 6.51. The van der Waals surface area contributed by atoms with Crippen molar-refractivity contribution in [3.05, 3.63) is 101 Å². The Morgan fingerprint density at radius 1 is 0.852 bits per heavy atom. The van der Waals surface area contributed by atoms with E-state index in [1.165, 1.54) is 38.8 Å². The summed E-state index contributed by atoms with van der Waals surface area (Å²) in [6.07, 6.45) is 12.1. The smallest absolute Gasteiger partial charge is 0.0484 e. The van der Waals surface area contributed by atoms with E-state index in [0.717, 1.165) is 13.0 Å². The van der Waals surface area contributed by atoms with Crippen LogP contribution in [0.3, 0.4) is 0 Å². The standard InChI is InChI=1S/C26H25N/c1-3-24-20(16-17-21-10-5-7-14-25(21)24)12-9-13-23-19-18-22-11-6-8-15-26(22)27(23)4-2/h5-19H,3-4H2,1-2H3/b12-9+,23-13+. The lowest BCUT2D eigenvalue weighted by Gasteiger charge is -2.29. The molecule has 0 unspecified atom stereocenters. The number of para-hydroxylation sites is 1. The zero-order valence-electron chi connectivity index (χ0n) is 16.0. The van der Waals surface area contributed by atoms with Crippen molar-refractivity contribution in [2.45, 2.75) is 20.3 Å². The third-order valence-electron chi connectivity index (χ3n) is 5.26. The van der Waals surface area contributed by atoms with Crippen molar-refractivity contribution in [1.82, 2.24) is 0 Å². The fourth-order valence-corrected chi connectivity index (χ4v) is 3.93. The summed E-state index contributed by atoms with van der Waals surface area (Å²) in [4.78, 5) is 2.36. The molecule has 0 saturated carbocycles. The largest absolute Gasteiger partial charge is 0.341 e. The molecule has 0 aromatic heterocycles. The van der Waals surface area contributed by atoms with Crippen molar-refractivity contribution in [3.63, 3.8) is 0 Å². The normalized spacial score (nSPS) is 15.0. The number of anilines is 1. The van der Waals surface area contributed by atoms with Gasteiger partial charge in [-0.25, -0.2) is 0 Å². The molecule has 0 saturated heterocycles. The molecule has 0 spiro atoms. The predicted molar refractivity (Wildman–Crippen MR) is 119 cm³/mol. The number of allylic oxidation sites excluding steroid dienone is 3. The van der Waals surface area contributed by atoms with Gasteiger partial charge in [0.05, 0.1) is 0 Å². The van der Waals surface area contributed by atoms with Crippen molar-refractivity contribution in [2.24, 2.45) is 0 Å². The summed E-state index contributed by atoms with van der Waals surface area (Å²) in [6.45, 7) is 5.39. The molecule has 1 nitrogen and oxygen atoms in total. The van der Waals surface area contributed by atoms with E-state index in [-0.39, 0.29) is 0 Å². The third-order valence-corrected chi connectivity index (χ3v) is 5.26. The number of aryl methyl sites for hydroxylation is 1. The second-order valence-electron chi connectivity index (χ2n) is 6.80. The minimum Gasteiger partial charge on any atom is -0.341 e. The highest BCUT2D eigenvalue weighted by atomic mass is 15.1. The Morgan fingerprint density at radius 2 is 1.67 bits per heavy atom. The van der Waals surface area contributed by atoms with Gasteiger partial charge in [0.2, 0.25) is 0 Å². The first-order chi connectivity index (χ1) is 13.3. The van der Waals surface area contributed by atoms with Gasteiger partial charge in [0, 0.05) is 17.9 Å². The Balaban J connectivity index is 1.67. The van der Waals surface area contributed by atoms with E-state index in [2.05, 4.69) is 110 Å². The summed E-state index contributed by atoms with van der Waals surface area (Å²) < 4.78 is 0.